The summed E-state index contributed by atoms with van der Waals surface area (Å²) in [5.41, 5.74) is 2.79. The molecule has 2 aromatic carbocycles. The van der Waals surface area contributed by atoms with Gasteiger partial charge in [0.1, 0.15) is 5.75 Å². The van der Waals surface area contributed by atoms with Gasteiger partial charge in [0.15, 0.2) is 0 Å². The Kier molecular flexibility index (Phi) is 6.12. The number of piperidine rings is 1. The van der Waals surface area contributed by atoms with Crippen LogP contribution in [0, 0.1) is 0 Å². The maximum atomic E-state index is 12.7. The molecule has 0 unspecified atom stereocenters. The first kappa shape index (κ1) is 18.3. The molecular formula is C21H26N2O3. The van der Waals surface area contributed by atoms with E-state index in [-0.39, 0.29) is 12.1 Å². The van der Waals surface area contributed by atoms with Crippen LogP contribution in [-0.4, -0.2) is 43.8 Å². The molecule has 0 aliphatic carbocycles. The molecule has 1 heterocycles. The quantitative estimate of drug-likeness (QED) is 0.866. The zero-order valence-corrected chi connectivity index (χ0v) is 15.4. The normalized spacial score (nSPS) is 14.9. The van der Waals surface area contributed by atoms with Crippen LogP contribution in [-0.2, 0) is 4.74 Å². The van der Waals surface area contributed by atoms with Crippen molar-refractivity contribution in [1.29, 1.82) is 0 Å². The van der Waals surface area contributed by atoms with Gasteiger partial charge in [-0.15, -0.1) is 0 Å². The third kappa shape index (κ3) is 4.35. The number of anilines is 1. The average molecular weight is 354 g/mol. The van der Waals surface area contributed by atoms with Crippen LogP contribution in [0.25, 0.3) is 11.1 Å². The molecule has 0 radical (unpaired) electrons. The van der Waals surface area contributed by atoms with Crippen LogP contribution in [0.1, 0.15) is 19.8 Å². The maximum absolute atomic E-state index is 12.7. The average Bonchev–Trinajstić information content (AvgIpc) is 2.69. The molecule has 2 aromatic rings. The highest BCUT2D eigenvalue weighted by molar-refractivity contribution is 5.94. The predicted octanol–water partition coefficient (Wildman–Crippen LogP) is 4.40. The molecule has 1 aliphatic heterocycles. The molecule has 1 fully saturated rings. The number of benzene rings is 2. The molecule has 26 heavy (non-hydrogen) atoms. The Morgan fingerprint density at radius 3 is 2.65 bits per heavy atom. The number of carbonyl (C=O) groups excluding carboxylic acids is 1. The minimum absolute atomic E-state index is 0.0599. The minimum atomic E-state index is -0.0599. The topological polar surface area (TPSA) is 50.8 Å². The van der Waals surface area contributed by atoms with Gasteiger partial charge >= 0.3 is 6.03 Å². The van der Waals surface area contributed by atoms with Crippen LogP contribution in [0.15, 0.2) is 48.5 Å². The van der Waals surface area contributed by atoms with Crippen LogP contribution in [0.3, 0.4) is 0 Å². The number of carbonyl (C=O) groups is 1. The van der Waals surface area contributed by atoms with E-state index >= 15 is 0 Å². The Hall–Kier alpha value is -2.53. The predicted molar refractivity (Wildman–Crippen MR) is 104 cm³/mol. The molecule has 1 saturated heterocycles. The molecule has 1 aliphatic rings. The van der Waals surface area contributed by atoms with Crippen molar-refractivity contribution in [2.75, 3.05) is 32.1 Å². The highest BCUT2D eigenvalue weighted by atomic mass is 16.5. The standard InChI is InChI=1S/C21H26N2O3/c1-3-26-17-11-13-23(14-12-17)21(24)22-20-10-5-4-9-19(20)16-7-6-8-18(15-16)25-2/h4-10,15,17H,3,11-14H2,1-2H3,(H,22,24). The largest absolute Gasteiger partial charge is 0.497 e. The first-order valence-electron chi connectivity index (χ1n) is 9.12. The summed E-state index contributed by atoms with van der Waals surface area (Å²) in [5, 5.41) is 3.07. The van der Waals surface area contributed by atoms with Gasteiger partial charge in [-0.2, -0.15) is 0 Å². The SMILES string of the molecule is CCOC1CCN(C(=O)Nc2ccccc2-c2cccc(OC)c2)CC1. The van der Waals surface area contributed by atoms with E-state index in [0.29, 0.717) is 0 Å². The lowest BCUT2D eigenvalue weighted by Gasteiger charge is -2.32. The Bertz CT molecular complexity index is 740. The maximum Gasteiger partial charge on any atom is 0.321 e. The van der Waals surface area contributed by atoms with Crippen LogP contribution < -0.4 is 10.1 Å². The van der Waals surface area contributed by atoms with E-state index in [9.17, 15) is 4.79 Å². The number of para-hydroxylation sites is 1. The summed E-state index contributed by atoms with van der Waals surface area (Å²) in [4.78, 5) is 14.5. The van der Waals surface area contributed by atoms with Gasteiger partial charge in [-0.1, -0.05) is 30.3 Å². The second kappa shape index (κ2) is 8.72. The monoisotopic (exact) mass is 354 g/mol. The zero-order chi connectivity index (χ0) is 18.4. The Labute approximate surface area is 154 Å². The third-order valence-corrected chi connectivity index (χ3v) is 4.68. The van der Waals surface area contributed by atoms with E-state index in [1.54, 1.807) is 7.11 Å². The molecule has 2 amide bonds. The van der Waals surface area contributed by atoms with Gasteiger partial charge in [0, 0.05) is 25.3 Å². The van der Waals surface area contributed by atoms with Crippen molar-refractivity contribution in [2.24, 2.45) is 0 Å². The highest BCUT2D eigenvalue weighted by Crippen LogP contribution is 2.30. The lowest BCUT2D eigenvalue weighted by atomic mass is 10.0. The van der Waals surface area contributed by atoms with Gasteiger partial charge in [-0.25, -0.2) is 4.79 Å². The second-order valence-electron chi connectivity index (χ2n) is 6.35. The first-order valence-corrected chi connectivity index (χ1v) is 9.12. The molecule has 3 rings (SSSR count). The molecule has 0 atom stereocenters. The molecule has 5 heteroatoms. The zero-order valence-electron chi connectivity index (χ0n) is 15.4. The summed E-state index contributed by atoms with van der Waals surface area (Å²) in [6, 6.07) is 15.6. The van der Waals surface area contributed by atoms with Crippen molar-refractivity contribution < 1.29 is 14.3 Å². The van der Waals surface area contributed by atoms with Crippen molar-refractivity contribution in [3.05, 3.63) is 48.5 Å². The number of rotatable bonds is 5. The summed E-state index contributed by atoms with van der Waals surface area (Å²) in [5.74, 6) is 0.793. The number of nitrogens with zero attached hydrogens (tertiary/aromatic N) is 1. The number of hydrogen-bond donors (Lipinski definition) is 1. The fourth-order valence-corrected chi connectivity index (χ4v) is 3.29. The molecule has 138 valence electrons. The Balaban J connectivity index is 1.71. The summed E-state index contributed by atoms with van der Waals surface area (Å²) in [6.45, 7) is 4.18. The molecular weight excluding hydrogens is 328 g/mol. The third-order valence-electron chi connectivity index (χ3n) is 4.68. The van der Waals surface area contributed by atoms with Gasteiger partial charge in [0.05, 0.1) is 18.9 Å². The smallest absolute Gasteiger partial charge is 0.321 e. The van der Waals surface area contributed by atoms with E-state index < -0.39 is 0 Å². The van der Waals surface area contributed by atoms with E-state index in [1.807, 2.05) is 60.4 Å². The van der Waals surface area contributed by atoms with E-state index in [2.05, 4.69) is 5.32 Å². The lowest BCUT2D eigenvalue weighted by molar-refractivity contribution is 0.0232. The van der Waals surface area contributed by atoms with Gasteiger partial charge < -0.3 is 19.7 Å². The molecule has 0 bridgehead atoms. The van der Waals surface area contributed by atoms with E-state index in [0.717, 1.165) is 55.1 Å². The highest BCUT2D eigenvalue weighted by Gasteiger charge is 2.23. The van der Waals surface area contributed by atoms with E-state index in [4.69, 9.17) is 9.47 Å². The summed E-state index contributed by atoms with van der Waals surface area (Å²) >= 11 is 0. The van der Waals surface area contributed by atoms with Crippen molar-refractivity contribution in [3.63, 3.8) is 0 Å². The molecule has 5 nitrogen and oxygen atoms in total. The fraction of sp³-hybridized carbons (Fsp3) is 0.381. The van der Waals surface area contributed by atoms with Gasteiger partial charge in [-0.05, 0) is 43.5 Å². The van der Waals surface area contributed by atoms with Gasteiger partial charge in [0.25, 0.3) is 0 Å². The molecule has 0 aromatic heterocycles. The van der Waals surface area contributed by atoms with Gasteiger partial charge in [-0.3, -0.25) is 0 Å². The van der Waals surface area contributed by atoms with Crippen molar-refractivity contribution >= 4 is 11.7 Å². The van der Waals surface area contributed by atoms with Gasteiger partial charge in [0.2, 0.25) is 0 Å². The number of nitrogens with one attached hydrogen (secondary N) is 1. The number of hydrogen-bond acceptors (Lipinski definition) is 3. The first-order chi connectivity index (χ1) is 12.7. The minimum Gasteiger partial charge on any atom is -0.497 e. The fourth-order valence-electron chi connectivity index (χ4n) is 3.29. The second-order valence-corrected chi connectivity index (χ2v) is 6.35. The number of amides is 2. The van der Waals surface area contributed by atoms with Crippen molar-refractivity contribution in [1.82, 2.24) is 4.90 Å². The van der Waals surface area contributed by atoms with E-state index in [1.165, 1.54) is 0 Å². The van der Waals surface area contributed by atoms with Crippen molar-refractivity contribution in [3.8, 4) is 16.9 Å². The molecule has 0 saturated carbocycles. The number of ether oxygens (including phenoxy) is 2. The summed E-state index contributed by atoms with van der Waals surface area (Å²) in [6.07, 6.45) is 2.05. The number of methoxy groups -OCH3 is 1. The van der Waals surface area contributed by atoms with Crippen LogP contribution >= 0.6 is 0 Å². The summed E-state index contributed by atoms with van der Waals surface area (Å²) in [7, 11) is 1.65. The Morgan fingerprint density at radius 1 is 1.15 bits per heavy atom. The molecule has 0 spiro atoms. The summed E-state index contributed by atoms with van der Waals surface area (Å²) < 4.78 is 11.0. The van der Waals surface area contributed by atoms with Crippen molar-refractivity contribution in [2.45, 2.75) is 25.9 Å². The Morgan fingerprint density at radius 2 is 1.92 bits per heavy atom. The lowest BCUT2D eigenvalue weighted by Crippen LogP contribution is -2.43. The molecule has 1 N–H and O–H groups in total. The van der Waals surface area contributed by atoms with Crippen LogP contribution in [0.2, 0.25) is 0 Å². The number of likely N-dealkylation sites (tertiary alicyclic amines) is 1. The van der Waals surface area contributed by atoms with Crippen LogP contribution in [0.5, 0.6) is 5.75 Å². The van der Waals surface area contributed by atoms with Crippen LogP contribution in [0.4, 0.5) is 10.5 Å². The number of urea groups is 1.